The average Bonchev–Trinajstić information content (AvgIpc) is 3.20. The largest absolute Gasteiger partial charge is 0.345 e. The molecular weight excluding hydrogens is 306 g/mol. The Morgan fingerprint density at radius 1 is 1.45 bits per heavy atom. The molecule has 1 aliphatic rings. The first-order valence-electron chi connectivity index (χ1n) is 7.02. The van der Waals surface area contributed by atoms with Gasteiger partial charge >= 0.3 is 0 Å². The average molecular weight is 322 g/mol. The van der Waals surface area contributed by atoms with E-state index in [1.165, 1.54) is 0 Å². The third-order valence-electron chi connectivity index (χ3n) is 3.43. The number of amides is 1. The van der Waals surface area contributed by atoms with Crippen molar-refractivity contribution in [3.8, 4) is 11.5 Å². The summed E-state index contributed by atoms with van der Waals surface area (Å²) >= 11 is 5.85. The summed E-state index contributed by atoms with van der Waals surface area (Å²) in [6.07, 6.45) is 0.751. The third-order valence-corrected chi connectivity index (χ3v) is 3.68. The molecule has 3 rings (SSSR count). The Morgan fingerprint density at radius 3 is 2.91 bits per heavy atom. The van der Waals surface area contributed by atoms with Crippen LogP contribution >= 0.6 is 11.6 Å². The Hall–Kier alpha value is -1.96. The fraction of sp³-hybridized carbons (Fsp3) is 0.357. The van der Waals surface area contributed by atoms with E-state index in [1.807, 2.05) is 6.92 Å². The number of aromatic nitrogens is 2. The highest BCUT2D eigenvalue weighted by atomic mass is 35.5. The van der Waals surface area contributed by atoms with E-state index in [9.17, 15) is 4.79 Å². The lowest BCUT2D eigenvalue weighted by molar-refractivity contribution is -0.123. The van der Waals surface area contributed by atoms with Gasteiger partial charge in [-0.25, -0.2) is 5.43 Å². The Labute approximate surface area is 132 Å². The lowest BCUT2D eigenvalue weighted by atomic mass is 10.2. The van der Waals surface area contributed by atoms with Gasteiger partial charge in [-0.3, -0.25) is 10.2 Å². The summed E-state index contributed by atoms with van der Waals surface area (Å²) in [5.74, 6) is 0.744. The smallest absolute Gasteiger partial charge is 0.257 e. The van der Waals surface area contributed by atoms with Gasteiger partial charge < -0.3 is 9.84 Å². The Balaban J connectivity index is 1.67. The molecule has 7 nitrogen and oxygen atoms in total. The zero-order valence-corrected chi connectivity index (χ0v) is 12.7. The first-order chi connectivity index (χ1) is 10.6. The predicted octanol–water partition coefficient (Wildman–Crippen LogP) is 1.43. The van der Waals surface area contributed by atoms with Crippen LogP contribution in [0.15, 0.2) is 28.8 Å². The molecule has 2 atom stereocenters. The van der Waals surface area contributed by atoms with Gasteiger partial charge in [0.2, 0.25) is 5.91 Å². The van der Waals surface area contributed by atoms with Crippen molar-refractivity contribution >= 4 is 17.5 Å². The van der Waals surface area contributed by atoms with Crippen LogP contribution in [0.3, 0.4) is 0 Å². The summed E-state index contributed by atoms with van der Waals surface area (Å²) in [5.41, 5.74) is 6.62. The molecule has 0 saturated carbocycles. The van der Waals surface area contributed by atoms with Crippen molar-refractivity contribution in [3.05, 3.63) is 35.1 Å². The van der Waals surface area contributed by atoms with Crippen molar-refractivity contribution in [2.24, 2.45) is 0 Å². The molecule has 3 N–H and O–H groups in total. The SMILES string of the molecule is CC(NC(=O)C1CCNN1)c1noc(-c2ccc(Cl)cc2)n1. The summed E-state index contributed by atoms with van der Waals surface area (Å²) in [6, 6.07) is 6.55. The highest BCUT2D eigenvalue weighted by molar-refractivity contribution is 6.30. The van der Waals surface area contributed by atoms with Gasteiger partial charge in [-0.2, -0.15) is 4.98 Å². The quantitative estimate of drug-likeness (QED) is 0.789. The summed E-state index contributed by atoms with van der Waals surface area (Å²) in [5, 5.41) is 7.43. The molecule has 0 spiro atoms. The maximum atomic E-state index is 12.0. The van der Waals surface area contributed by atoms with E-state index in [2.05, 4.69) is 26.3 Å². The Morgan fingerprint density at radius 2 is 2.23 bits per heavy atom. The van der Waals surface area contributed by atoms with E-state index < -0.39 is 0 Å². The van der Waals surface area contributed by atoms with E-state index in [0.29, 0.717) is 16.7 Å². The normalized spacial score (nSPS) is 19.1. The molecule has 2 heterocycles. The number of halogens is 1. The molecule has 2 aromatic rings. The zero-order valence-electron chi connectivity index (χ0n) is 12.0. The van der Waals surface area contributed by atoms with E-state index in [1.54, 1.807) is 24.3 Å². The van der Waals surface area contributed by atoms with Crippen LogP contribution in [-0.2, 0) is 4.79 Å². The van der Waals surface area contributed by atoms with Crippen LogP contribution in [0.4, 0.5) is 0 Å². The molecule has 1 aliphatic heterocycles. The van der Waals surface area contributed by atoms with Gasteiger partial charge in [-0.05, 0) is 37.6 Å². The van der Waals surface area contributed by atoms with Gasteiger partial charge in [-0.1, -0.05) is 16.8 Å². The van der Waals surface area contributed by atoms with E-state index in [4.69, 9.17) is 16.1 Å². The number of nitrogens with zero attached hydrogens (tertiary/aromatic N) is 2. The number of rotatable bonds is 4. The van der Waals surface area contributed by atoms with Gasteiger partial charge in [0.25, 0.3) is 5.89 Å². The van der Waals surface area contributed by atoms with Gasteiger partial charge in [-0.15, -0.1) is 0 Å². The third kappa shape index (κ3) is 3.27. The van der Waals surface area contributed by atoms with Crippen molar-refractivity contribution in [2.75, 3.05) is 6.54 Å². The van der Waals surface area contributed by atoms with Crippen LogP contribution in [0.5, 0.6) is 0 Å². The lowest BCUT2D eigenvalue weighted by Gasteiger charge is -2.13. The maximum Gasteiger partial charge on any atom is 0.257 e. The van der Waals surface area contributed by atoms with Gasteiger partial charge in [0.15, 0.2) is 5.82 Å². The molecule has 1 aromatic heterocycles. The van der Waals surface area contributed by atoms with Gasteiger partial charge in [0.1, 0.15) is 6.04 Å². The maximum absolute atomic E-state index is 12.0. The number of nitrogens with one attached hydrogen (secondary N) is 3. The molecule has 22 heavy (non-hydrogen) atoms. The minimum absolute atomic E-state index is 0.0876. The Bertz CT molecular complexity index is 652. The fourth-order valence-electron chi connectivity index (χ4n) is 2.18. The minimum Gasteiger partial charge on any atom is -0.345 e. The number of carbonyl (C=O) groups excluding carboxylic acids is 1. The Kier molecular flexibility index (Phi) is 4.37. The highest BCUT2D eigenvalue weighted by Gasteiger charge is 2.25. The van der Waals surface area contributed by atoms with Crippen molar-refractivity contribution in [2.45, 2.75) is 25.4 Å². The molecule has 1 fully saturated rings. The topological polar surface area (TPSA) is 92.1 Å². The predicted molar refractivity (Wildman–Crippen MR) is 80.8 cm³/mol. The van der Waals surface area contributed by atoms with Crippen LogP contribution in [0.25, 0.3) is 11.5 Å². The van der Waals surface area contributed by atoms with E-state index in [-0.39, 0.29) is 18.0 Å². The molecule has 1 aromatic carbocycles. The number of hydrogen-bond donors (Lipinski definition) is 3. The molecule has 0 bridgehead atoms. The van der Waals surface area contributed by atoms with Crippen LogP contribution in [0.1, 0.15) is 25.2 Å². The first-order valence-corrected chi connectivity index (χ1v) is 7.39. The second-order valence-electron chi connectivity index (χ2n) is 5.11. The number of benzene rings is 1. The van der Waals surface area contributed by atoms with E-state index >= 15 is 0 Å². The molecule has 116 valence electrons. The molecule has 2 unspecified atom stereocenters. The van der Waals surface area contributed by atoms with E-state index in [0.717, 1.165) is 18.5 Å². The van der Waals surface area contributed by atoms with Crippen molar-refractivity contribution in [3.63, 3.8) is 0 Å². The first kappa shape index (κ1) is 15.0. The second kappa shape index (κ2) is 6.43. The van der Waals surface area contributed by atoms with Crippen LogP contribution in [-0.4, -0.2) is 28.6 Å². The summed E-state index contributed by atoms with van der Waals surface area (Å²) in [7, 11) is 0. The molecule has 0 radical (unpaired) electrons. The van der Waals surface area contributed by atoms with Gasteiger partial charge in [0, 0.05) is 17.1 Å². The molecular formula is C14H16ClN5O2. The van der Waals surface area contributed by atoms with Gasteiger partial charge in [0.05, 0.1) is 6.04 Å². The summed E-state index contributed by atoms with van der Waals surface area (Å²) < 4.78 is 5.24. The van der Waals surface area contributed by atoms with Crippen molar-refractivity contribution in [1.29, 1.82) is 0 Å². The summed E-state index contributed by atoms with van der Waals surface area (Å²) in [4.78, 5) is 16.3. The fourth-order valence-corrected chi connectivity index (χ4v) is 2.31. The van der Waals surface area contributed by atoms with Crippen molar-refractivity contribution < 1.29 is 9.32 Å². The molecule has 8 heteroatoms. The van der Waals surface area contributed by atoms with Crippen LogP contribution in [0.2, 0.25) is 5.02 Å². The van der Waals surface area contributed by atoms with Crippen LogP contribution < -0.4 is 16.2 Å². The molecule has 0 aliphatic carbocycles. The highest BCUT2D eigenvalue weighted by Crippen LogP contribution is 2.21. The molecule has 1 amide bonds. The molecule has 1 saturated heterocycles. The zero-order chi connectivity index (χ0) is 15.5. The van der Waals surface area contributed by atoms with Crippen LogP contribution in [0, 0.1) is 0 Å². The number of carbonyl (C=O) groups is 1. The second-order valence-corrected chi connectivity index (χ2v) is 5.54. The summed E-state index contributed by atoms with van der Waals surface area (Å²) in [6.45, 7) is 2.59. The standard InChI is InChI=1S/C14H16ClN5O2/c1-8(17-13(21)11-6-7-16-19-11)12-18-14(22-20-12)9-2-4-10(15)5-3-9/h2-5,8,11,16,19H,6-7H2,1H3,(H,17,21). The lowest BCUT2D eigenvalue weighted by Crippen LogP contribution is -2.44. The minimum atomic E-state index is -0.334. The monoisotopic (exact) mass is 321 g/mol. The van der Waals surface area contributed by atoms with Crippen molar-refractivity contribution in [1.82, 2.24) is 26.3 Å². The number of hydrogen-bond acceptors (Lipinski definition) is 6. The number of hydrazine groups is 1.